The minimum absolute atomic E-state index is 0.122. The maximum absolute atomic E-state index is 10.9. The molecule has 0 saturated heterocycles. The van der Waals surface area contributed by atoms with Gasteiger partial charge in [-0.25, -0.2) is 0 Å². The van der Waals surface area contributed by atoms with E-state index in [9.17, 15) is 8.42 Å². The second-order valence-electron chi connectivity index (χ2n) is 2.01. The molecule has 0 spiro atoms. The van der Waals surface area contributed by atoms with E-state index in [4.69, 9.17) is 0 Å². The fourth-order valence-corrected chi connectivity index (χ4v) is 1.26. The van der Waals surface area contributed by atoms with Crippen LogP contribution in [0.5, 0.6) is 0 Å². The molecule has 0 rings (SSSR count). The van der Waals surface area contributed by atoms with Crippen molar-refractivity contribution in [1.82, 2.24) is 0 Å². The summed E-state index contributed by atoms with van der Waals surface area (Å²) in [4.78, 5) is 0. The molecule has 0 fully saturated rings. The van der Waals surface area contributed by atoms with Crippen molar-refractivity contribution in [3.8, 4) is 11.8 Å². The fourth-order valence-electron chi connectivity index (χ4n) is 0.537. The molecule has 0 heterocycles. The van der Waals surface area contributed by atoms with Crippen LogP contribution in [0.1, 0.15) is 13.3 Å². The second kappa shape index (κ2) is 5.81. The molecular formula is C8H12O3S. The minimum atomic E-state index is -3.40. The molecule has 0 aliphatic rings. The van der Waals surface area contributed by atoms with E-state index in [-0.39, 0.29) is 12.4 Å². The van der Waals surface area contributed by atoms with Gasteiger partial charge < -0.3 is 0 Å². The zero-order valence-corrected chi connectivity index (χ0v) is 7.86. The van der Waals surface area contributed by atoms with E-state index in [1.165, 1.54) is 6.08 Å². The van der Waals surface area contributed by atoms with Crippen LogP contribution in [-0.2, 0) is 14.3 Å². The van der Waals surface area contributed by atoms with E-state index >= 15 is 0 Å². The summed E-state index contributed by atoms with van der Waals surface area (Å²) < 4.78 is 26.3. The third-order valence-corrected chi connectivity index (χ3v) is 2.16. The highest BCUT2D eigenvalue weighted by Crippen LogP contribution is 1.94. The van der Waals surface area contributed by atoms with Crippen LogP contribution in [0.2, 0.25) is 0 Å². The smallest absolute Gasteiger partial charge is 0.269 e. The first-order chi connectivity index (χ1) is 5.62. The largest absolute Gasteiger partial charge is 0.270 e. The van der Waals surface area contributed by atoms with Crippen molar-refractivity contribution in [2.24, 2.45) is 0 Å². The van der Waals surface area contributed by atoms with E-state index in [1.807, 2.05) is 0 Å². The Kier molecular flexibility index (Phi) is 5.43. The van der Waals surface area contributed by atoms with Crippen molar-refractivity contribution in [2.45, 2.75) is 13.3 Å². The van der Waals surface area contributed by atoms with Gasteiger partial charge in [-0.2, -0.15) is 8.42 Å². The molecule has 0 bridgehead atoms. The normalized spacial score (nSPS) is 10.1. The van der Waals surface area contributed by atoms with Gasteiger partial charge in [0.15, 0.2) is 0 Å². The summed E-state index contributed by atoms with van der Waals surface area (Å²) in [6, 6.07) is 0. The zero-order chi connectivity index (χ0) is 9.45. The second-order valence-corrected chi connectivity index (χ2v) is 3.70. The number of hydrogen-bond donors (Lipinski definition) is 0. The van der Waals surface area contributed by atoms with Gasteiger partial charge in [0.2, 0.25) is 0 Å². The Morgan fingerprint density at radius 2 is 2.25 bits per heavy atom. The lowest BCUT2D eigenvalue weighted by molar-refractivity contribution is 0.328. The van der Waals surface area contributed by atoms with Crippen LogP contribution in [0, 0.1) is 11.8 Å². The summed E-state index contributed by atoms with van der Waals surface area (Å²) in [5.41, 5.74) is 0. The molecule has 68 valence electrons. The van der Waals surface area contributed by atoms with Crippen LogP contribution in [0.15, 0.2) is 12.7 Å². The first-order valence-electron chi connectivity index (χ1n) is 3.50. The van der Waals surface area contributed by atoms with Crippen molar-refractivity contribution in [3.05, 3.63) is 12.7 Å². The van der Waals surface area contributed by atoms with Crippen molar-refractivity contribution < 1.29 is 12.6 Å². The molecule has 0 radical (unpaired) electrons. The molecule has 0 aromatic heterocycles. The summed E-state index contributed by atoms with van der Waals surface area (Å²) in [7, 11) is -3.40. The molecule has 0 aliphatic carbocycles. The summed E-state index contributed by atoms with van der Waals surface area (Å²) in [6.07, 6.45) is 1.73. The molecule has 0 atom stereocenters. The molecule has 0 aromatic rings. The Morgan fingerprint density at radius 1 is 1.58 bits per heavy atom. The molecule has 0 aliphatic heterocycles. The van der Waals surface area contributed by atoms with Crippen molar-refractivity contribution in [1.29, 1.82) is 0 Å². The van der Waals surface area contributed by atoms with Crippen LogP contribution >= 0.6 is 0 Å². The lowest BCUT2D eigenvalue weighted by Gasteiger charge is -1.99. The molecule has 12 heavy (non-hydrogen) atoms. The predicted octanol–water partition coefficient (Wildman–Crippen LogP) is 0.932. The van der Waals surface area contributed by atoms with Gasteiger partial charge in [0.05, 0.1) is 12.4 Å². The zero-order valence-electron chi connectivity index (χ0n) is 7.04. The van der Waals surface area contributed by atoms with Gasteiger partial charge in [-0.1, -0.05) is 6.08 Å². The Balaban J connectivity index is 3.74. The van der Waals surface area contributed by atoms with Crippen LogP contribution in [0.3, 0.4) is 0 Å². The molecule has 0 aromatic carbocycles. The van der Waals surface area contributed by atoms with E-state index in [1.54, 1.807) is 6.92 Å². The third kappa shape index (κ3) is 5.96. The summed E-state index contributed by atoms with van der Waals surface area (Å²) in [5.74, 6) is 5.19. The van der Waals surface area contributed by atoms with E-state index < -0.39 is 10.1 Å². The fraction of sp³-hybridized carbons (Fsp3) is 0.500. The Morgan fingerprint density at radius 3 is 2.75 bits per heavy atom. The molecule has 0 amide bonds. The molecule has 4 heteroatoms. The highest BCUT2D eigenvalue weighted by atomic mass is 32.2. The van der Waals surface area contributed by atoms with Gasteiger partial charge in [-0.15, -0.1) is 18.4 Å². The van der Waals surface area contributed by atoms with Gasteiger partial charge in [-0.3, -0.25) is 4.18 Å². The summed E-state index contributed by atoms with van der Waals surface area (Å²) >= 11 is 0. The standard InChI is InChI=1S/C8H12O3S/c1-3-5-6-7-11-12(9,10)8-4-2/h4H,2,6-8H2,1H3. The number of hydrogen-bond acceptors (Lipinski definition) is 3. The van der Waals surface area contributed by atoms with Crippen LogP contribution in [0.4, 0.5) is 0 Å². The van der Waals surface area contributed by atoms with Crippen molar-refractivity contribution in [3.63, 3.8) is 0 Å². The average Bonchev–Trinajstić information content (AvgIpc) is 1.98. The molecule has 0 unspecified atom stereocenters. The topological polar surface area (TPSA) is 43.4 Å². The summed E-state index contributed by atoms with van der Waals surface area (Å²) in [6.45, 7) is 5.12. The maximum atomic E-state index is 10.9. The molecule has 0 saturated carbocycles. The molecule has 0 N–H and O–H groups in total. The van der Waals surface area contributed by atoms with Crippen LogP contribution < -0.4 is 0 Å². The predicted molar refractivity (Wildman–Crippen MR) is 48.0 cm³/mol. The Bertz CT molecular complexity index is 279. The Hall–Kier alpha value is -0.790. The van der Waals surface area contributed by atoms with Gasteiger partial charge in [0, 0.05) is 6.42 Å². The highest BCUT2D eigenvalue weighted by molar-refractivity contribution is 7.86. The Labute approximate surface area is 73.6 Å². The SMILES string of the molecule is C=CCS(=O)(=O)OCCC#CC. The van der Waals surface area contributed by atoms with Gasteiger partial charge in [0.25, 0.3) is 10.1 Å². The maximum Gasteiger partial charge on any atom is 0.270 e. The van der Waals surface area contributed by atoms with E-state index in [2.05, 4.69) is 22.6 Å². The third-order valence-electron chi connectivity index (χ3n) is 0.989. The molecular weight excluding hydrogens is 176 g/mol. The lowest BCUT2D eigenvalue weighted by atomic mass is 10.5. The first kappa shape index (κ1) is 11.2. The average molecular weight is 188 g/mol. The minimum Gasteiger partial charge on any atom is -0.269 e. The monoisotopic (exact) mass is 188 g/mol. The first-order valence-corrected chi connectivity index (χ1v) is 5.07. The lowest BCUT2D eigenvalue weighted by Crippen LogP contribution is -2.09. The van der Waals surface area contributed by atoms with Crippen LogP contribution in [-0.4, -0.2) is 20.8 Å². The van der Waals surface area contributed by atoms with Crippen molar-refractivity contribution in [2.75, 3.05) is 12.4 Å². The van der Waals surface area contributed by atoms with Gasteiger partial charge >= 0.3 is 0 Å². The molecule has 3 nitrogen and oxygen atoms in total. The van der Waals surface area contributed by atoms with Gasteiger partial charge in [-0.05, 0) is 6.92 Å². The highest BCUT2D eigenvalue weighted by Gasteiger charge is 2.06. The summed E-state index contributed by atoms with van der Waals surface area (Å²) in [5, 5.41) is 0. The van der Waals surface area contributed by atoms with Gasteiger partial charge in [0.1, 0.15) is 0 Å². The quantitative estimate of drug-likeness (QED) is 0.279. The number of rotatable bonds is 5. The van der Waals surface area contributed by atoms with Crippen molar-refractivity contribution >= 4 is 10.1 Å². The van der Waals surface area contributed by atoms with E-state index in [0.29, 0.717) is 6.42 Å². The van der Waals surface area contributed by atoms with Crippen LogP contribution in [0.25, 0.3) is 0 Å². The van der Waals surface area contributed by atoms with E-state index in [0.717, 1.165) is 0 Å².